The van der Waals surface area contributed by atoms with Gasteiger partial charge in [0.05, 0.1) is 5.69 Å². The van der Waals surface area contributed by atoms with Crippen molar-refractivity contribution in [1.29, 1.82) is 0 Å². The van der Waals surface area contributed by atoms with Crippen molar-refractivity contribution < 1.29 is 4.74 Å². The standard InChI is InChI=1S/C20H25N5O/c1-13-10-14(2)12-25(11-13)20-21-15(3)17-18(22-20)24(4)23-19(26-17)16-8-6-5-7-9-16/h5-9,13-14H,10-12H2,1-4H3. The van der Waals surface area contributed by atoms with Gasteiger partial charge < -0.3 is 9.64 Å². The van der Waals surface area contributed by atoms with Crippen LogP contribution >= 0.6 is 0 Å². The molecule has 1 aromatic heterocycles. The van der Waals surface area contributed by atoms with Crippen LogP contribution in [0.2, 0.25) is 0 Å². The number of benzene rings is 1. The molecule has 0 radical (unpaired) electrons. The number of anilines is 2. The maximum absolute atomic E-state index is 6.07. The van der Waals surface area contributed by atoms with Crippen LogP contribution in [0, 0.1) is 18.8 Å². The molecule has 0 N–H and O–H groups in total. The molecule has 2 unspecified atom stereocenters. The van der Waals surface area contributed by atoms with Gasteiger partial charge in [-0.05, 0) is 37.3 Å². The molecule has 2 aliphatic rings. The molecule has 136 valence electrons. The second kappa shape index (κ2) is 6.59. The highest BCUT2D eigenvalue weighted by molar-refractivity contribution is 5.98. The van der Waals surface area contributed by atoms with Gasteiger partial charge in [-0.1, -0.05) is 32.0 Å². The van der Waals surface area contributed by atoms with E-state index in [4.69, 9.17) is 14.7 Å². The van der Waals surface area contributed by atoms with E-state index in [0.717, 1.165) is 36.1 Å². The summed E-state index contributed by atoms with van der Waals surface area (Å²) in [5.74, 6) is 4.04. The number of fused-ring (bicyclic) bond motifs is 1. The van der Waals surface area contributed by atoms with Crippen molar-refractivity contribution in [3.63, 3.8) is 0 Å². The van der Waals surface area contributed by atoms with Crippen LogP contribution in [-0.4, -0.2) is 36.0 Å². The van der Waals surface area contributed by atoms with E-state index < -0.39 is 0 Å². The number of hydrazone groups is 1. The zero-order valence-corrected chi connectivity index (χ0v) is 15.8. The lowest BCUT2D eigenvalue weighted by Crippen LogP contribution is -2.40. The van der Waals surface area contributed by atoms with Gasteiger partial charge in [-0.15, -0.1) is 5.10 Å². The van der Waals surface area contributed by atoms with Gasteiger partial charge in [-0.25, -0.2) is 9.99 Å². The Hall–Kier alpha value is -2.63. The minimum Gasteiger partial charge on any atom is -0.431 e. The maximum Gasteiger partial charge on any atom is 0.244 e. The predicted molar refractivity (Wildman–Crippen MR) is 104 cm³/mol. The van der Waals surface area contributed by atoms with Crippen molar-refractivity contribution in [3.05, 3.63) is 41.6 Å². The van der Waals surface area contributed by atoms with E-state index in [1.807, 2.05) is 44.3 Å². The Bertz CT molecular complexity index is 826. The molecular formula is C20H25N5O. The second-order valence-corrected chi connectivity index (χ2v) is 7.51. The number of aromatic nitrogens is 2. The molecule has 0 aliphatic carbocycles. The summed E-state index contributed by atoms with van der Waals surface area (Å²) in [6, 6.07) is 9.90. The van der Waals surface area contributed by atoms with Gasteiger partial charge in [0.25, 0.3) is 0 Å². The van der Waals surface area contributed by atoms with Crippen molar-refractivity contribution in [2.45, 2.75) is 27.2 Å². The quantitative estimate of drug-likeness (QED) is 0.829. The zero-order valence-electron chi connectivity index (χ0n) is 15.8. The van der Waals surface area contributed by atoms with Crippen LogP contribution in [0.25, 0.3) is 0 Å². The normalized spacial score (nSPS) is 22.5. The molecule has 2 aliphatic heterocycles. The average Bonchev–Trinajstić information content (AvgIpc) is 2.62. The third-order valence-corrected chi connectivity index (χ3v) is 4.92. The number of aryl methyl sites for hydroxylation is 1. The minimum atomic E-state index is 0.570. The second-order valence-electron chi connectivity index (χ2n) is 7.51. The van der Waals surface area contributed by atoms with E-state index in [-0.39, 0.29) is 0 Å². The number of piperidine rings is 1. The van der Waals surface area contributed by atoms with Crippen molar-refractivity contribution in [3.8, 4) is 5.75 Å². The van der Waals surface area contributed by atoms with Crippen molar-refractivity contribution in [2.24, 2.45) is 16.9 Å². The van der Waals surface area contributed by atoms with E-state index in [1.165, 1.54) is 6.42 Å². The predicted octanol–water partition coefficient (Wildman–Crippen LogP) is 3.46. The number of rotatable bonds is 2. The van der Waals surface area contributed by atoms with Gasteiger partial charge in [0.15, 0.2) is 11.6 Å². The largest absolute Gasteiger partial charge is 0.431 e. The first-order valence-corrected chi connectivity index (χ1v) is 9.20. The third kappa shape index (κ3) is 3.11. The van der Waals surface area contributed by atoms with Crippen LogP contribution in [-0.2, 0) is 0 Å². The van der Waals surface area contributed by atoms with Crippen LogP contribution in [0.5, 0.6) is 5.75 Å². The molecule has 2 atom stereocenters. The van der Waals surface area contributed by atoms with E-state index >= 15 is 0 Å². The number of hydrogen-bond donors (Lipinski definition) is 0. The highest BCUT2D eigenvalue weighted by Crippen LogP contribution is 2.35. The van der Waals surface area contributed by atoms with E-state index in [9.17, 15) is 0 Å². The Morgan fingerprint density at radius 2 is 1.73 bits per heavy atom. The summed E-state index contributed by atoms with van der Waals surface area (Å²) in [4.78, 5) is 11.8. The molecule has 4 rings (SSSR count). The van der Waals surface area contributed by atoms with Crippen LogP contribution in [0.15, 0.2) is 35.4 Å². The van der Waals surface area contributed by atoms with Crippen molar-refractivity contribution in [1.82, 2.24) is 9.97 Å². The van der Waals surface area contributed by atoms with Gasteiger partial charge >= 0.3 is 0 Å². The summed E-state index contributed by atoms with van der Waals surface area (Å²) >= 11 is 0. The van der Waals surface area contributed by atoms with Crippen molar-refractivity contribution >= 4 is 17.7 Å². The molecular weight excluding hydrogens is 326 g/mol. The van der Waals surface area contributed by atoms with Crippen molar-refractivity contribution in [2.75, 3.05) is 30.0 Å². The van der Waals surface area contributed by atoms with Gasteiger partial charge in [-0.3, -0.25) is 0 Å². The van der Waals surface area contributed by atoms with Gasteiger partial charge in [-0.2, -0.15) is 4.98 Å². The summed E-state index contributed by atoms with van der Waals surface area (Å²) in [6.07, 6.45) is 1.26. The van der Waals surface area contributed by atoms with Crippen LogP contribution < -0.4 is 14.6 Å². The summed E-state index contributed by atoms with van der Waals surface area (Å²) < 4.78 is 6.07. The smallest absolute Gasteiger partial charge is 0.244 e. The summed E-state index contributed by atoms with van der Waals surface area (Å²) in [6.45, 7) is 8.54. The Labute approximate surface area is 154 Å². The van der Waals surface area contributed by atoms with Crippen LogP contribution in [0.1, 0.15) is 31.5 Å². The highest BCUT2D eigenvalue weighted by atomic mass is 16.5. The first-order valence-electron chi connectivity index (χ1n) is 9.20. The van der Waals surface area contributed by atoms with E-state index in [2.05, 4.69) is 23.8 Å². The lowest BCUT2D eigenvalue weighted by Gasteiger charge is -2.35. The highest BCUT2D eigenvalue weighted by Gasteiger charge is 2.28. The molecule has 6 heteroatoms. The van der Waals surface area contributed by atoms with Gasteiger partial charge in [0, 0.05) is 25.7 Å². The Balaban J connectivity index is 1.67. The molecule has 26 heavy (non-hydrogen) atoms. The molecule has 3 heterocycles. The minimum absolute atomic E-state index is 0.570. The fraction of sp³-hybridized carbons (Fsp3) is 0.450. The SMILES string of the molecule is Cc1nc(N2CC(C)CC(C)C2)nc2c1OC(c1ccccc1)=NN2C. The Kier molecular flexibility index (Phi) is 4.26. The fourth-order valence-corrected chi connectivity index (χ4v) is 3.84. The molecule has 0 spiro atoms. The fourth-order valence-electron chi connectivity index (χ4n) is 3.84. The number of ether oxygens (including phenoxy) is 1. The molecule has 0 bridgehead atoms. The molecule has 1 aromatic carbocycles. The molecule has 1 saturated heterocycles. The monoisotopic (exact) mass is 351 g/mol. The lowest BCUT2D eigenvalue weighted by atomic mass is 9.92. The van der Waals surface area contributed by atoms with Gasteiger partial charge in [0.2, 0.25) is 11.8 Å². The van der Waals surface area contributed by atoms with E-state index in [1.54, 1.807) is 5.01 Å². The summed E-state index contributed by atoms with van der Waals surface area (Å²) in [5.41, 5.74) is 1.78. The number of hydrogen-bond acceptors (Lipinski definition) is 6. The first-order chi connectivity index (χ1) is 12.5. The lowest BCUT2D eigenvalue weighted by molar-refractivity contribution is 0.353. The summed E-state index contributed by atoms with van der Waals surface area (Å²) in [7, 11) is 1.90. The first kappa shape index (κ1) is 16.8. The molecule has 0 saturated carbocycles. The Morgan fingerprint density at radius 3 is 2.42 bits per heavy atom. The van der Waals surface area contributed by atoms with Gasteiger partial charge in [0.1, 0.15) is 0 Å². The summed E-state index contributed by atoms with van der Waals surface area (Å²) in [5, 5.41) is 6.36. The number of nitrogens with zero attached hydrogens (tertiary/aromatic N) is 5. The van der Waals surface area contributed by atoms with Crippen LogP contribution in [0.3, 0.4) is 0 Å². The average molecular weight is 351 g/mol. The molecule has 2 aromatic rings. The zero-order chi connectivity index (χ0) is 18.3. The third-order valence-electron chi connectivity index (χ3n) is 4.92. The Morgan fingerprint density at radius 1 is 1.04 bits per heavy atom. The van der Waals surface area contributed by atoms with E-state index in [0.29, 0.717) is 23.5 Å². The topological polar surface area (TPSA) is 53.9 Å². The van der Waals surface area contributed by atoms with Crippen LogP contribution in [0.4, 0.5) is 11.8 Å². The maximum atomic E-state index is 6.07. The molecule has 1 fully saturated rings. The molecule has 0 amide bonds. The molecule has 6 nitrogen and oxygen atoms in total.